The molecule has 0 aromatic heterocycles. The summed E-state index contributed by atoms with van der Waals surface area (Å²) in [5.41, 5.74) is 2.17. The van der Waals surface area contributed by atoms with E-state index in [1.54, 1.807) is 17.0 Å². The van der Waals surface area contributed by atoms with Gasteiger partial charge in [0.15, 0.2) is 0 Å². The number of halogens is 2. The molecule has 3 aromatic rings. The topological polar surface area (TPSA) is 96.0 Å². The van der Waals surface area contributed by atoms with Crippen molar-refractivity contribution >= 4 is 55.1 Å². The van der Waals surface area contributed by atoms with Gasteiger partial charge in [0.2, 0.25) is 21.8 Å². The van der Waals surface area contributed by atoms with Gasteiger partial charge in [0.25, 0.3) is 0 Å². The number of nitrogens with zero attached hydrogens (tertiary/aromatic N) is 2. The van der Waals surface area contributed by atoms with Crippen molar-refractivity contribution in [3.05, 3.63) is 93.4 Å². The smallest absolute Gasteiger partial charge is 0.243 e. The Bertz CT molecular complexity index is 1490. The van der Waals surface area contributed by atoms with Crippen molar-refractivity contribution in [3.8, 4) is 5.75 Å². The molecule has 232 valence electrons. The molecule has 0 saturated carbocycles. The monoisotopic (exact) mass is 691 g/mol. The largest absolute Gasteiger partial charge is 0.495 e. The number of hydrogen-bond acceptors (Lipinski definition) is 5. The summed E-state index contributed by atoms with van der Waals surface area (Å²) in [5.74, 6) is -0.0500. The van der Waals surface area contributed by atoms with Gasteiger partial charge < -0.3 is 15.0 Å². The Hall–Kier alpha value is -3.08. The molecule has 2 amide bonds. The first-order chi connectivity index (χ1) is 20.4. The molecule has 11 heteroatoms. The molecule has 0 radical (unpaired) electrons. The van der Waals surface area contributed by atoms with Crippen LogP contribution in [-0.2, 0) is 32.6 Å². The van der Waals surface area contributed by atoms with Crippen molar-refractivity contribution in [2.24, 2.45) is 0 Å². The van der Waals surface area contributed by atoms with Crippen molar-refractivity contribution in [1.82, 2.24) is 10.2 Å². The second-order valence-corrected chi connectivity index (χ2v) is 13.7. The van der Waals surface area contributed by atoms with E-state index in [9.17, 15) is 18.0 Å². The lowest BCUT2D eigenvalue weighted by molar-refractivity contribution is -0.141. The van der Waals surface area contributed by atoms with Gasteiger partial charge in [-0.1, -0.05) is 76.9 Å². The second-order valence-electron chi connectivity index (χ2n) is 10.4. The van der Waals surface area contributed by atoms with Crippen molar-refractivity contribution in [3.63, 3.8) is 0 Å². The summed E-state index contributed by atoms with van der Waals surface area (Å²) in [7, 11) is -2.19. The number of ether oxygens (including phenoxy) is 1. The number of sulfonamides is 1. The minimum Gasteiger partial charge on any atom is -0.495 e. The minimum absolute atomic E-state index is 0.0335. The van der Waals surface area contributed by atoms with E-state index in [0.29, 0.717) is 17.9 Å². The number of methoxy groups -OCH3 is 1. The molecule has 0 heterocycles. The van der Waals surface area contributed by atoms with E-state index in [-0.39, 0.29) is 48.8 Å². The fourth-order valence-electron chi connectivity index (χ4n) is 4.64. The van der Waals surface area contributed by atoms with Crippen LogP contribution in [0.3, 0.4) is 0 Å². The highest BCUT2D eigenvalue weighted by Crippen LogP contribution is 2.30. The number of anilines is 1. The molecule has 1 N–H and O–H groups in total. The first-order valence-electron chi connectivity index (χ1n) is 14.1. The molecular formula is C32H39BrClN3O5S. The highest BCUT2D eigenvalue weighted by Gasteiger charge is 2.31. The Balaban J connectivity index is 1.90. The lowest BCUT2D eigenvalue weighted by Gasteiger charge is -2.33. The summed E-state index contributed by atoms with van der Waals surface area (Å²) < 4.78 is 32.7. The van der Waals surface area contributed by atoms with Crippen LogP contribution in [0.2, 0.25) is 5.02 Å². The fourth-order valence-corrected chi connectivity index (χ4v) is 6.30. The van der Waals surface area contributed by atoms with Gasteiger partial charge in [-0.3, -0.25) is 13.9 Å². The van der Waals surface area contributed by atoms with E-state index >= 15 is 0 Å². The van der Waals surface area contributed by atoms with Gasteiger partial charge >= 0.3 is 0 Å². The van der Waals surface area contributed by atoms with E-state index in [1.165, 1.54) is 17.5 Å². The van der Waals surface area contributed by atoms with Crippen LogP contribution in [0.1, 0.15) is 44.2 Å². The van der Waals surface area contributed by atoms with Crippen LogP contribution in [0.15, 0.2) is 77.3 Å². The van der Waals surface area contributed by atoms with E-state index < -0.39 is 16.1 Å². The van der Waals surface area contributed by atoms with Gasteiger partial charge in [-0.2, -0.15) is 0 Å². The number of benzene rings is 3. The van der Waals surface area contributed by atoms with Crippen LogP contribution in [-0.4, -0.2) is 57.1 Å². The SMILES string of the molecule is CC[C@H](C)NC(=O)[C@@H](Cc1ccccc1)N(Cc1cccc(Br)c1)C(=O)CCCN(c1ccc(OC)c(Cl)c1)S(C)(=O)=O. The van der Waals surface area contributed by atoms with Crippen molar-refractivity contribution in [1.29, 1.82) is 0 Å². The van der Waals surface area contributed by atoms with E-state index in [4.69, 9.17) is 16.3 Å². The summed E-state index contributed by atoms with van der Waals surface area (Å²) in [6.45, 7) is 4.20. The zero-order valence-electron chi connectivity index (χ0n) is 24.9. The van der Waals surface area contributed by atoms with Crippen LogP contribution in [0, 0.1) is 0 Å². The molecule has 0 fully saturated rings. The summed E-state index contributed by atoms with van der Waals surface area (Å²) in [6, 6.07) is 21.1. The molecule has 0 saturated heterocycles. The standard InChI is InChI=1S/C32H39BrClN3O5S/c1-5-23(2)35-32(39)29(20-24-11-7-6-8-12-24)36(22-25-13-9-14-26(33)19-25)31(38)15-10-18-37(43(4,40)41)27-16-17-30(42-3)28(34)21-27/h6-9,11-14,16-17,19,21,23,29H,5,10,15,18,20,22H2,1-4H3,(H,35,39)/t23-,29+/m0/s1. The first-order valence-corrected chi connectivity index (χ1v) is 17.1. The molecule has 0 bridgehead atoms. The van der Waals surface area contributed by atoms with Gasteiger partial charge in [-0.05, 0) is 61.2 Å². The van der Waals surface area contributed by atoms with Crippen molar-refractivity contribution in [2.75, 3.05) is 24.2 Å². The summed E-state index contributed by atoms with van der Waals surface area (Å²) in [5, 5.41) is 3.34. The molecule has 0 aliphatic carbocycles. The normalized spacial score (nSPS) is 12.7. The Morgan fingerprint density at radius 1 is 1.02 bits per heavy atom. The molecule has 0 aliphatic heterocycles. The molecule has 0 spiro atoms. The number of carbonyl (C=O) groups is 2. The van der Waals surface area contributed by atoms with Crippen LogP contribution >= 0.6 is 27.5 Å². The molecule has 8 nitrogen and oxygen atoms in total. The highest BCUT2D eigenvalue weighted by atomic mass is 79.9. The average Bonchev–Trinajstić information content (AvgIpc) is 2.96. The van der Waals surface area contributed by atoms with E-state index in [1.807, 2.05) is 68.4 Å². The summed E-state index contributed by atoms with van der Waals surface area (Å²) >= 11 is 9.77. The molecule has 43 heavy (non-hydrogen) atoms. The van der Waals surface area contributed by atoms with Gasteiger partial charge in [-0.25, -0.2) is 8.42 Å². The maximum atomic E-state index is 14.0. The maximum absolute atomic E-state index is 14.0. The van der Waals surface area contributed by atoms with Crippen molar-refractivity contribution < 1.29 is 22.7 Å². The lowest BCUT2D eigenvalue weighted by atomic mass is 10.0. The number of amides is 2. The van der Waals surface area contributed by atoms with Crippen LogP contribution in [0.25, 0.3) is 0 Å². The minimum atomic E-state index is -3.67. The predicted octanol–water partition coefficient (Wildman–Crippen LogP) is 6.21. The zero-order chi connectivity index (χ0) is 31.6. The highest BCUT2D eigenvalue weighted by molar-refractivity contribution is 9.10. The van der Waals surface area contributed by atoms with Gasteiger partial charge in [0.05, 0.1) is 24.1 Å². The van der Waals surface area contributed by atoms with Crippen LogP contribution < -0.4 is 14.4 Å². The Morgan fingerprint density at radius 2 is 1.72 bits per heavy atom. The van der Waals surface area contributed by atoms with Gasteiger partial charge in [0.1, 0.15) is 11.8 Å². The fraction of sp³-hybridized carbons (Fsp3) is 0.375. The Morgan fingerprint density at radius 3 is 2.33 bits per heavy atom. The molecule has 0 unspecified atom stereocenters. The van der Waals surface area contributed by atoms with E-state index in [0.717, 1.165) is 28.3 Å². The maximum Gasteiger partial charge on any atom is 0.243 e. The first kappa shape index (κ1) is 34.4. The third kappa shape index (κ3) is 10.3. The molecule has 3 rings (SSSR count). The summed E-state index contributed by atoms with van der Waals surface area (Å²) in [4.78, 5) is 29.2. The Labute approximate surface area is 268 Å². The number of carbonyl (C=O) groups excluding carboxylic acids is 2. The van der Waals surface area contributed by atoms with Crippen LogP contribution in [0.5, 0.6) is 5.75 Å². The van der Waals surface area contributed by atoms with Crippen LogP contribution in [0.4, 0.5) is 5.69 Å². The van der Waals surface area contributed by atoms with E-state index in [2.05, 4.69) is 21.2 Å². The molecule has 3 aromatic carbocycles. The van der Waals surface area contributed by atoms with Crippen molar-refractivity contribution in [2.45, 2.75) is 58.2 Å². The number of nitrogens with one attached hydrogen (secondary N) is 1. The quantitative estimate of drug-likeness (QED) is 0.204. The third-order valence-corrected chi connectivity index (χ3v) is 9.07. The summed E-state index contributed by atoms with van der Waals surface area (Å²) in [6.07, 6.45) is 2.46. The predicted molar refractivity (Wildman–Crippen MR) is 176 cm³/mol. The van der Waals surface area contributed by atoms with Gasteiger partial charge in [0, 0.05) is 36.4 Å². The van der Waals surface area contributed by atoms with Gasteiger partial charge in [-0.15, -0.1) is 0 Å². The number of rotatable bonds is 15. The average molecular weight is 693 g/mol. The lowest BCUT2D eigenvalue weighted by Crippen LogP contribution is -2.52. The molecule has 2 atom stereocenters. The second kappa shape index (κ2) is 16.1. The molecular weight excluding hydrogens is 654 g/mol. The molecule has 0 aliphatic rings. The third-order valence-electron chi connectivity index (χ3n) is 7.09. The zero-order valence-corrected chi connectivity index (χ0v) is 28.1. The number of hydrogen-bond donors (Lipinski definition) is 1. The Kier molecular flexibility index (Phi) is 12.9.